The SMILES string of the molecule is COC(=O)c1ccccc1NC(=O)C1(C(=O)Nc2ccc(F)c(F)c2F)CC1. The molecule has 9 heteroatoms. The fraction of sp³-hybridized carbons (Fsp3) is 0.211. The lowest BCUT2D eigenvalue weighted by Gasteiger charge is -2.17. The fourth-order valence-electron chi connectivity index (χ4n) is 2.67. The van der Waals surface area contributed by atoms with Crippen LogP contribution in [-0.2, 0) is 14.3 Å². The van der Waals surface area contributed by atoms with Crippen LogP contribution in [0.25, 0.3) is 0 Å². The third kappa shape index (κ3) is 3.42. The Morgan fingerprint density at radius 2 is 1.50 bits per heavy atom. The molecule has 1 aliphatic rings. The van der Waals surface area contributed by atoms with Crippen molar-refractivity contribution >= 4 is 29.2 Å². The van der Waals surface area contributed by atoms with E-state index in [-0.39, 0.29) is 24.1 Å². The summed E-state index contributed by atoms with van der Waals surface area (Å²) in [5.41, 5.74) is -1.82. The Hall–Kier alpha value is -3.36. The van der Waals surface area contributed by atoms with Crippen LogP contribution in [-0.4, -0.2) is 24.9 Å². The summed E-state index contributed by atoms with van der Waals surface area (Å²) in [6.07, 6.45) is 0.354. The number of carbonyl (C=O) groups is 3. The molecule has 0 bridgehead atoms. The number of methoxy groups -OCH3 is 1. The van der Waals surface area contributed by atoms with Crippen molar-refractivity contribution in [2.24, 2.45) is 5.41 Å². The predicted molar refractivity (Wildman–Crippen MR) is 93.0 cm³/mol. The maximum absolute atomic E-state index is 13.8. The number of halogens is 3. The number of benzene rings is 2. The molecular formula is C19H15F3N2O4. The number of hydrogen-bond acceptors (Lipinski definition) is 4. The lowest BCUT2D eigenvalue weighted by atomic mass is 10.0. The smallest absolute Gasteiger partial charge is 0.339 e. The van der Waals surface area contributed by atoms with Crippen LogP contribution in [0, 0.1) is 22.9 Å². The molecule has 2 amide bonds. The Bertz CT molecular complexity index is 974. The second-order valence-electron chi connectivity index (χ2n) is 6.25. The van der Waals surface area contributed by atoms with Crippen molar-refractivity contribution in [3.05, 3.63) is 59.4 Å². The molecular weight excluding hydrogens is 377 g/mol. The third-order valence-corrected chi connectivity index (χ3v) is 4.48. The van der Waals surface area contributed by atoms with Gasteiger partial charge >= 0.3 is 5.97 Å². The first-order valence-corrected chi connectivity index (χ1v) is 8.24. The number of hydrogen-bond donors (Lipinski definition) is 2. The van der Waals surface area contributed by atoms with Gasteiger partial charge in [-0.25, -0.2) is 18.0 Å². The summed E-state index contributed by atoms with van der Waals surface area (Å²) in [7, 11) is 1.19. The average Bonchev–Trinajstić information content (AvgIpc) is 3.50. The fourth-order valence-corrected chi connectivity index (χ4v) is 2.67. The summed E-state index contributed by atoms with van der Waals surface area (Å²) in [5, 5.41) is 4.63. The van der Waals surface area contributed by atoms with Crippen molar-refractivity contribution in [2.75, 3.05) is 17.7 Å². The summed E-state index contributed by atoms with van der Waals surface area (Å²) < 4.78 is 44.8. The van der Waals surface area contributed by atoms with E-state index in [1.807, 2.05) is 0 Å². The van der Waals surface area contributed by atoms with E-state index in [2.05, 4.69) is 15.4 Å². The highest BCUT2D eigenvalue weighted by Gasteiger charge is 2.56. The molecule has 6 nitrogen and oxygen atoms in total. The predicted octanol–water partition coefficient (Wildman–Crippen LogP) is 3.25. The number of nitrogens with one attached hydrogen (secondary N) is 2. The first-order valence-electron chi connectivity index (χ1n) is 8.24. The summed E-state index contributed by atoms with van der Waals surface area (Å²) in [4.78, 5) is 36.9. The quantitative estimate of drug-likeness (QED) is 0.465. The Morgan fingerprint density at radius 1 is 0.893 bits per heavy atom. The zero-order chi connectivity index (χ0) is 20.5. The van der Waals surface area contributed by atoms with Crippen molar-refractivity contribution in [1.82, 2.24) is 0 Å². The highest BCUT2D eigenvalue weighted by molar-refractivity contribution is 6.17. The van der Waals surface area contributed by atoms with Gasteiger partial charge in [0.2, 0.25) is 11.8 Å². The molecule has 1 saturated carbocycles. The molecule has 0 atom stereocenters. The standard InChI is InChI=1S/C19H15F3N2O4/c1-28-16(25)10-4-2-3-5-12(10)23-17(26)19(8-9-19)18(27)24-13-7-6-11(20)14(21)15(13)22/h2-7H,8-9H2,1H3,(H,23,26)(H,24,27). The molecule has 28 heavy (non-hydrogen) atoms. The van der Waals surface area contributed by atoms with Gasteiger partial charge in [0.05, 0.1) is 24.0 Å². The molecule has 0 heterocycles. The molecule has 2 aromatic carbocycles. The summed E-state index contributed by atoms with van der Waals surface area (Å²) >= 11 is 0. The minimum atomic E-state index is -1.72. The minimum Gasteiger partial charge on any atom is -0.465 e. The second-order valence-corrected chi connectivity index (χ2v) is 6.25. The summed E-state index contributed by atoms with van der Waals surface area (Å²) in [5.74, 6) is -6.91. The number of esters is 1. The van der Waals surface area contributed by atoms with Crippen molar-refractivity contribution in [1.29, 1.82) is 0 Å². The van der Waals surface area contributed by atoms with Crippen LogP contribution in [0.4, 0.5) is 24.5 Å². The number of anilines is 2. The van der Waals surface area contributed by atoms with E-state index in [1.165, 1.54) is 19.2 Å². The zero-order valence-corrected chi connectivity index (χ0v) is 14.6. The minimum absolute atomic E-state index is 0.0983. The first-order chi connectivity index (χ1) is 13.3. The van der Waals surface area contributed by atoms with Crippen LogP contribution >= 0.6 is 0 Å². The second kappa shape index (κ2) is 7.34. The van der Waals surface area contributed by atoms with Gasteiger partial charge in [0.1, 0.15) is 5.41 Å². The number of carbonyl (C=O) groups excluding carboxylic acids is 3. The molecule has 3 rings (SSSR count). The van der Waals surface area contributed by atoms with Crippen LogP contribution in [0.5, 0.6) is 0 Å². The van der Waals surface area contributed by atoms with Crippen LogP contribution in [0.15, 0.2) is 36.4 Å². The van der Waals surface area contributed by atoms with Crippen molar-refractivity contribution < 1.29 is 32.3 Å². The molecule has 2 aromatic rings. The highest BCUT2D eigenvalue weighted by Crippen LogP contribution is 2.47. The molecule has 0 radical (unpaired) electrons. The lowest BCUT2D eigenvalue weighted by molar-refractivity contribution is -0.131. The van der Waals surface area contributed by atoms with E-state index < -0.39 is 46.3 Å². The average molecular weight is 392 g/mol. The van der Waals surface area contributed by atoms with E-state index >= 15 is 0 Å². The van der Waals surface area contributed by atoms with E-state index in [9.17, 15) is 27.6 Å². The van der Waals surface area contributed by atoms with Gasteiger partial charge in [0.25, 0.3) is 0 Å². The van der Waals surface area contributed by atoms with Gasteiger partial charge in [-0.1, -0.05) is 12.1 Å². The van der Waals surface area contributed by atoms with Gasteiger partial charge in [-0.3, -0.25) is 9.59 Å². The summed E-state index contributed by atoms with van der Waals surface area (Å²) in [6, 6.07) is 7.60. The number of para-hydroxylation sites is 1. The van der Waals surface area contributed by atoms with E-state index in [0.29, 0.717) is 6.07 Å². The van der Waals surface area contributed by atoms with Crippen LogP contribution in [0.1, 0.15) is 23.2 Å². The molecule has 0 unspecified atom stereocenters. The van der Waals surface area contributed by atoms with Crippen LogP contribution < -0.4 is 10.6 Å². The van der Waals surface area contributed by atoms with Gasteiger partial charge in [-0.15, -0.1) is 0 Å². The maximum atomic E-state index is 13.8. The lowest BCUT2D eigenvalue weighted by Crippen LogP contribution is -2.36. The first kappa shape index (κ1) is 19.4. The largest absolute Gasteiger partial charge is 0.465 e. The maximum Gasteiger partial charge on any atom is 0.339 e. The highest BCUT2D eigenvalue weighted by atomic mass is 19.2. The van der Waals surface area contributed by atoms with E-state index in [1.54, 1.807) is 12.1 Å². The van der Waals surface area contributed by atoms with E-state index in [4.69, 9.17) is 0 Å². The van der Waals surface area contributed by atoms with E-state index in [0.717, 1.165) is 6.07 Å². The van der Waals surface area contributed by atoms with Gasteiger partial charge in [-0.05, 0) is 37.1 Å². The number of ether oxygens (including phenoxy) is 1. The number of rotatable bonds is 5. The van der Waals surface area contributed by atoms with Crippen LogP contribution in [0.2, 0.25) is 0 Å². The van der Waals surface area contributed by atoms with Crippen molar-refractivity contribution in [2.45, 2.75) is 12.8 Å². The molecule has 0 saturated heterocycles. The number of amides is 2. The topological polar surface area (TPSA) is 84.5 Å². The molecule has 0 aliphatic heterocycles. The van der Waals surface area contributed by atoms with Crippen molar-refractivity contribution in [3.8, 4) is 0 Å². The Balaban J connectivity index is 1.79. The van der Waals surface area contributed by atoms with Crippen molar-refractivity contribution in [3.63, 3.8) is 0 Å². The van der Waals surface area contributed by atoms with Gasteiger partial charge < -0.3 is 15.4 Å². The van der Waals surface area contributed by atoms with Gasteiger partial charge in [0.15, 0.2) is 17.5 Å². The Morgan fingerprint density at radius 3 is 2.11 bits per heavy atom. The third-order valence-electron chi connectivity index (χ3n) is 4.48. The molecule has 2 N–H and O–H groups in total. The molecule has 1 aliphatic carbocycles. The van der Waals surface area contributed by atoms with Gasteiger partial charge in [0, 0.05) is 0 Å². The summed E-state index contributed by atoms with van der Waals surface area (Å²) in [6.45, 7) is 0. The molecule has 0 aromatic heterocycles. The monoisotopic (exact) mass is 392 g/mol. The van der Waals surface area contributed by atoms with Crippen LogP contribution in [0.3, 0.4) is 0 Å². The van der Waals surface area contributed by atoms with Gasteiger partial charge in [-0.2, -0.15) is 0 Å². The molecule has 1 fully saturated rings. The normalized spacial score (nSPS) is 14.1. The molecule has 146 valence electrons. The Kier molecular flexibility index (Phi) is 5.08. The Labute approximate surface area is 157 Å². The zero-order valence-electron chi connectivity index (χ0n) is 14.6. The molecule has 0 spiro atoms.